The lowest BCUT2D eigenvalue weighted by Gasteiger charge is -2.41. The van der Waals surface area contributed by atoms with Crippen LogP contribution in [0.2, 0.25) is 0 Å². The lowest BCUT2D eigenvalue weighted by molar-refractivity contribution is -0.181. The number of phenolic OH excluding ortho intramolecular Hbond substituents is 3. The number of ether oxygens (including phenoxy) is 1. The first-order valence-electron chi connectivity index (χ1n) is 9.42. The van der Waals surface area contributed by atoms with E-state index < -0.39 is 48.5 Å². The van der Waals surface area contributed by atoms with Gasteiger partial charge in [0.25, 0.3) is 0 Å². The lowest BCUT2D eigenvalue weighted by Crippen LogP contribution is -2.53. The van der Waals surface area contributed by atoms with Crippen LogP contribution in [0, 0.1) is 0 Å². The quantitative estimate of drug-likeness (QED) is 0.234. The van der Waals surface area contributed by atoms with Crippen molar-refractivity contribution in [2.45, 2.75) is 36.6 Å². The van der Waals surface area contributed by atoms with Gasteiger partial charge in [0.05, 0.1) is 6.10 Å². The Morgan fingerprint density at radius 3 is 2.29 bits per heavy atom. The third-order valence-corrected chi connectivity index (χ3v) is 5.26. The van der Waals surface area contributed by atoms with E-state index in [-0.39, 0.29) is 17.2 Å². The molecule has 0 radical (unpaired) electrons. The number of aliphatic hydroxyl groups excluding tert-OH is 1. The van der Waals surface area contributed by atoms with Gasteiger partial charge in [-0.2, -0.15) is 0 Å². The Kier molecular flexibility index (Phi) is 6.19. The van der Waals surface area contributed by atoms with E-state index >= 15 is 0 Å². The van der Waals surface area contributed by atoms with Crippen molar-refractivity contribution >= 4 is 18.0 Å². The Balaban J connectivity index is 1.84. The minimum Gasteiger partial charge on any atom is -0.508 e. The number of hydrogen-bond donors (Lipinski definition) is 6. The number of carboxylic acids is 1. The normalized spacial score (nSPS) is 25.9. The fourth-order valence-electron chi connectivity index (χ4n) is 3.68. The molecule has 9 nitrogen and oxygen atoms in total. The highest BCUT2D eigenvalue weighted by atomic mass is 16.5. The van der Waals surface area contributed by atoms with Gasteiger partial charge in [0.1, 0.15) is 11.9 Å². The zero-order valence-corrected chi connectivity index (χ0v) is 16.3. The van der Waals surface area contributed by atoms with Crippen LogP contribution in [0.1, 0.15) is 29.9 Å². The first-order valence-corrected chi connectivity index (χ1v) is 9.42. The fraction of sp³-hybridized carbons (Fsp3) is 0.273. The minimum absolute atomic E-state index is 0.00952. The molecular formula is C22H22O9. The van der Waals surface area contributed by atoms with Crippen molar-refractivity contribution in [1.29, 1.82) is 0 Å². The maximum absolute atomic E-state index is 12.4. The molecule has 31 heavy (non-hydrogen) atoms. The summed E-state index contributed by atoms with van der Waals surface area (Å²) >= 11 is 0. The lowest BCUT2D eigenvalue weighted by atomic mass is 9.72. The van der Waals surface area contributed by atoms with E-state index in [0.717, 1.165) is 6.08 Å². The number of aliphatic carboxylic acids is 1. The molecule has 0 heterocycles. The van der Waals surface area contributed by atoms with Crippen LogP contribution in [-0.4, -0.2) is 60.4 Å². The number of benzene rings is 2. The molecule has 4 atom stereocenters. The molecule has 9 heteroatoms. The zero-order chi connectivity index (χ0) is 22.8. The highest BCUT2D eigenvalue weighted by Gasteiger charge is 2.51. The first-order chi connectivity index (χ1) is 14.6. The summed E-state index contributed by atoms with van der Waals surface area (Å²) in [5.41, 5.74) is -1.37. The topological polar surface area (TPSA) is 165 Å². The molecule has 1 aliphatic rings. The molecule has 0 aromatic heterocycles. The van der Waals surface area contributed by atoms with E-state index in [0.29, 0.717) is 11.1 Å². The first kappa shape index (κ1) is 22.1. The largest absolute Gasteiger partial charge is 0.508 e. The minimum atomic E-state index is -2.27. The molecule has 0 spiro atoms. The van der Waals surface area contributed by atoms with Gasteiger partial charge in [-0.1, -0.05) is 18.2 Å². The van der Waals surface area contributed by atoms with Crippen molar-refractivity contribution in [3.63, 3.8) is 0 Å². The molecule has 0 saturated heterocycles. The van der Waals surface area contributed by atoms with Crippen molar-refractivity contribution in [2.75, 3.05) is 0 Å². The number of rotatable bonds is 5. The van der Waals surface area contributed by atoms with Crippen LogP contribution in [0.4, 0.5) is 0 Å². The van der Waals surface area contributed by atoms with Gasteiger partial charge in [0, 0.05) is 24.8 Å². The van der Waals surface area contributed by atoms with Gasteiger partial charge in [-0.05, 0) is 41.5 Å². The van der Waals surface area contributed by atoms with Gasteiger partial charge in [0.2, 0.25) is 0 Å². The predicted molar refractivity (Wildman–Crippen MR) is 107 cm³/mol. The number of carboxylic acid groups (broad SMARTS) is 1. The Hall–Kier alpha value is -3.56. The van der Waals surface area contributed by atoms with Crippen molar-refractivity contribution in [3.05, 3.63) is 59.7 Å². The van der Waals surface area contributed by atoms with Crippen LogP contribution >= 0.6 is 0 Å². The van der Waals surface area contributed by atoms with E-state index in [9.17, 15) is 40.2 Å². The van der Waals surface area contributed by atoms with Gasteiger partial charge >= 0.3 is 11.9 Å². The Bertz CT molecular complexity index is 999. The summed E-state index contributed by atoms with van der Waals surface area (Å²) < 4.78 is 5.40. The highest BCUT2D eigenvalue weighted by molar-refractivity contribution is 5.87. The zero-order valence-electron chi connectivity index (χ0n) is 16.3. The molecule has 2 aromatic carbocycles. The average molecular weight is 430 g/mol. The molecule has 1 saturated carbocycles. The molecule has 2 aromatic rings. The number of aromatic hydroxyl groups is 3. The third kappa shape index (κ3) is 4.96. The average Bonchev–Trinajstić information content (AvgIpc) is 2.69. The van der Waals surface area contributed by atoms with Crippen molar-refractivity contribution in [2.24, 2.45) is 0 Å². The van der Waals surface area contributed by atoms with E-state index in [1.807, 2.05) is 0 Å². The van der Waals surface area contributed by atoms with Gasteiger partial charge in [-0.25, -0.2) is 9.59 Å². The Morgan fingerprint density at radius 2 is 1.68 bits per heavy atom. The SMILES string of the molecule is O=C(/C=C/c1ccc(O)c(O)c1)O[C@H]1C[C@@](O)(C(=O)O)C[C@H](O)[C@@H]1c1ccc(O)cc1. The molecule has 0 amide bonds. The molecule has 0 aliphatic heterocycles. The summed E-state index contributed by atoms with van der Waals surface area (Å²) in [6, 6.07) is 9.73. The van der Waals surface area contributed by atoms with Crippen molar-refractivity contribution in [3.8, 4) is 17.2 Å². The number of hydrogen-bond acceptors (Lipinski definition) is 8. The number of carbonyl (C=O) groups is 2. The van der Waals surface area contributed by atoms with Crippen LogP contribution in [0.15, 0.2) is 48.5 Å². The van der Waals surface area contributed by atoms with Crippen molar-refractivity contribution in [1.82, 2.24) is 0 Å². The Morgan fingerprint density at radius 1 is 1.00 bits per heavy atom. The summed E-state index contributed by atoms with van der Waals surface area (Å²) in [6.45, 7) is 0. The second-order valence-corrected chi connectivity index (χ2v) is 7.49. The number of aliphatic hydroxyl groups is 2. The number of esters is 1. The van der Waals surface area contributed by atoms with Crippen LogP contribution in [0.3, 0.4) is 0 Å². The number of phenols is 3. The van der Waals surface area contributed by atoms with Crippen LogP contribution < -0.4 is 0 Å². The monoisotopic (exact) mass is 430 g/mol. The van der Waals surface area contributed by atoms with Gasteiger partial charge in [-0.3, -0.25) is 0 Å². The molecule has 164 valence electrons. The summed E-state index contributed by atoms with van der Waals surface area (Å²) in [5.74, 6) is -3.92. The summed E-state index contributed by atoms with van der Waals surface area (Å²) in [5, 5.41) is 58.7. The molecular weight excluding hydrogens is 408 g/mol. The van der Waals surface area contributed by atoms with E-state index in [2.05, 4.69) is 0 Å². The molecule has 6 N–H and O–H groups in total. The second kappa shape index (κ2) is 8.66. The van der Waals surface area contributed by atoms with E-state index in [4.69, 9.17) is 4.74 Å². The van der Waals surface area contributed by atoms with Crippen LogP contribution in [0.5, 0.6) is 17.2 Å². The summed E-state index contributed by atoms with van der Waals surface area (Å²) in [6.07, 6.45) is -1.02. The molecule has 1 fully saturated rings. The maximum atomic E-state index is 12.4. The van der Waals surface area contributed by atoms with Gasteiger partial charge in [0.15, 0.2) is 17.1 Å². The summed E-state index contributed by atoms with van der Waals surface area (Å²) in [4.78, 5) is 23.9. The third-order valence-electron chi connectivity index (χ3n) is 5.26. The molecule has 3 rings (SSSR count). The standard InChI is InChI=1S/C22H22O9/c23-14-5-3-13(4-6-14)20-17(26)10-22(30,21(28)29)11-18(20)31-19(27)8-2-12-1-7-15(24)16(25)9-12/h1-9,17-18,20,23-26,30H,10-11H2,(H,28,29)/b8-2+/t17-,18-,20-,22+/m0/s1. The van der Waals surface area contributed by atoms with E-state index in [1.165, 1.54) is 48.5 Å². The van der Waals surface area contributed by atoms with E-state index in [1.54, 1.807) is 0 Å². The van der Waals surface area contributed by atoms with Gasteiger partial charge < -0.3 is 35.4 Å². The van der Waals surface area contributed by atoms with Crippen LogP contribution in [-0.2, 0) is 14.3 Å². The number of carbonyl (C=O) groups excluding carboxylic acids is 1. The fourth-order valence-corrected chi connectivity index (χ4v) is 3.68. The van der Waals surface area contributed by atoms with Gasteiger partial charge in [-0.15, -0.1) is 0 Å². The molecule has 1 aliphatic carbocycles. The second-order valence-electron chi connectivity index (χ2n) is 7.49. The maximum Gasteiger partial charge on any atom is 0.335 e. The van der Waals surface area contributed by atoms with Crippen LogP contribution in [0.25, 0.3) is 6.08 Å². The smallest absolute Gasteiger partial charge is 0.335 e. The molecule has 0 bridgehead atoms. The predicted octanol–water partition coefficient (Wildman–Crippen LogP) is 1.48. The Labute approximate surface area is 177 Å². The molecule has 0 unspecified atom stereocenters. The highest BCUT2D eigenvalue weighted by Crippen LogP contribution is 2.41. The summed E-state index contributed by atoms with van der Waals surface area (Å²) in [7, 11) is 0. The van der Waals surface area contributed by atoms with Crippen molar-refractivity contribution < 1.29 is 45.0 Å².